The van der Waals surface area contributed by atoms with Gasteiger partial charge in [-0.2, -0.15) is 0 Å². The number of benzene rings is 1. The smallest absolute Gasteiger partial charge is 0.108 e. The third kappa shape index (κ3) is 2.79. The summed E-state index contributed by atoms with van der Waals surface area (Å²) >= 11 is 0. The lowest BCUT2D eigenvalue weighted by atomic mass is 9.98. The van der Waals surface area contributed by atoms with Gasteiger partial charge in [0.2, 0.25) is 0 Å². The van der Waals surface area contributed by atoms with Crippen molar-refractivity contribution >= 4 is 0 Å². The van der Waals surface area contributed by atoms with Crippen molar-refractivity contribution in [1.82, 2.24) is 9.55 Å². The highest BCUT2D eigenvalue weighted by Gasteiger charge is 2.09. The fraction of sp³-hybridized carbons (Fsp3) is 0.400. The van der Waals surface area contributed by atoms with Crippen molar-refractivity contribution in [3.63, 3.8) is 0 Å². The van der Waals surface area contributed by atoms with Crippen molar-refractivity contribution in [2.75, 3.05) is 0 Å². The average Bonchev–Trinajstić information content (AvgIpc) is 2.75. The number of hydrogen-bond acceptors (Lipinski definition) is 2. The van der Waals surface area contributed by atoms with Crippen molar-refractivity contribution in [1.29, 1.82) is 0 Å². The van der Waals surface area contributed by atoms with E-state index in [1.807, 2.05) is 24.0 Å². The van der Waals surface area contributed by atoms with Crippen LogP contribution in [-0.2, 0) is 13.5 Å². The first-order valence-electron chi connectivity index (χ1n) is 6.37. The van der Waals surface area contributed by atoms with Crippen LogP contribution in [0.25, 0.3) is 0 Å². The van der Waals surface area contributed by atoms with Crippen LogP contribution < -0.4 is 5.73 Å². The van der Waals surface area contributed by atoms with Gasteiger partial charge < -0.3 is 10.3 Å². The zero-order chi connectivity index (χ0) is 13.1. The highest BCUT2D eigenvalue weighted by molar-refractivity contribution is 5.31. The van der Waals surface area contributed by atoms with Gasteiger partial charge in [-0.25, -0.2) is 4.98 Å². The second-order valence-corrected chi connectivity index (χ2v) is 4.94. The van der Waals surface area contributed by atoms with E-state index in [9.17, 15) is 0 Å². The van der Waals surface area contributed by atoms with Crippen molar-refractivity contribution < 1.29 is 0 Å². The lowest BCUT2D eigenvalue weighted by Gasteiger charge is -2.13. The molecule has 0 saturated heterocycles. The van der Waals surface area contributed by atoms with Gasteiger partial charge in [-0.05, 0) is 37.0 Å². The van der Waals surface area contributed by atoms with Gasteiger partial charge in [0.05, 0.1) is 0 Å². The summed E-state index contributed by atoms with van der Waals surface area (Å²) in [6.07, 6.45) is 5.64. The molecule has 0 aliphatic carbocycles. The van der Waals surface area contributed by atoms with Crippen molar-refractivity contribution in [3.05, 3.63) is 53.1 Å². The molecule has 0 aliphatic rings. The van der Waals surface area contributed by atoms with Gasteiger partial charge in [0, 0.05) is 31.9 Å². The standard InChI is InChI=1S/C15H21N3/c1-11-4-5-13(10-12(11)2)14(16)6-7-15-17-8-9-18(15)3/h4-5,8-10,14H,6-7,16H2,1-3H3. The molecule has 1 atom stereocenters. The predicted molar refractivity (Wildman–Crippen MR) is 74.4 cm³/mol. The molecular formula is C15H21N3. The van der Waals surface area contributed by atoms with Crippen LogP contribution in [0.2, 0.25) is 0 Å². The first-order chi connectivity index (χ1) is 8.58. The number of rotatable bonds is 4. The SMILES string of the molecule is Cc1ccc(C(N)CCc2nccn2C)cc1C. The summed E-state index contributed by atoms with van der Waals surface area (Å²) in [6, 6.07) is 6.55. The molecule has 1 unspecified atom stereocenters. The highest BCUT2D eigenvalue weighted by atomic mass is 15.0. The molecule has 1 heterocycles. The Morgan fingerprint density at radius 2 is 2.06 bits per heavy atom. The van der Waals surface area contributed by atoms with Crippen LogP contribution in [0.4, 0.5) is 0 Å². The molecule has 2 rings (SSSR count). The molecular weight excluding hydrogens is 222 g/mol. The van der Waals surface area contributed by atoms with E-state index in [2.05, 4.69) is 37.0 Å². The fourth-order valence-electron chi connectivity index (χ4n) is 2.08. The number of aryl methyl sites for hydroxylation is 4. The molecule has 1 aromatic carbocycles. The van der Waals surface area contributed by atoms with Crippen LogP contribution in [-0.4, -0.2) is 9.55 Å². The molecule has 0 bridgehead atoms. The van der Waals surface area contributed by atoms with E-state index in [0.29, 0.717) is 0 Å². The molecule has 0 amide bonds. The van der Waals surface area contributed by atoms with E-state index in [4.69, 9.17) is 5.73 Å². The largest absolute Gasteiger partial charge is 0.338 e. The summed E-state index contributed by atoms with van der Waals surface area (Å²) in [5.41, 5.74) is 10.1. The Morgan fingerprint density at radius 1 is 1.28 bits per heavy atom. The Kier molecular flexibility index (Phi) is 3.82. The Morgan fingerprint density at radius 3 is 2.67 bits per heavy atom. The molecule has 18 heavy (non-hydrogen) atoms. The van der Waals surface area contributed by atoms with Crippen LogP contribution in [0.1, 0.15) is 35.0 Å². The number of hydrogen-bond donors (Lipinski definition) is 1. The lowest BCUT2D eigenvalue weighted by Crippen LogP contribution is -2.13. The zero-order valence-electron chi connectivity index (χ0n) is 11.4. The number of nitrogens with zero attached hydrogens (tertiary/aromatic N) is 2. The van der Waals surface area contributed by atoms with Crippen molar-refractivity contribution in [2.45, 2.75) is 32.7 Å². The second kappa shape index (κ2) is 5.36. The van der Waals surface area contributed by atoms with Gasteiger partial charge in [-0.15, -0.1) is 0 Å². The van der Waals surface area contributed by atoms with Gasteiger partial charge in [-0.1, -0.05) is 18.2 Å². The van der Waals surface area contributed by atoms with E-state index < -0.39 is 0 Å². The van der Waals surface area contributed by atoms with Crippen LogP contribution in [0.5, 0.6) is 0 Å². The fourth-order valence-corrected chi connectivity index (χ4v) is 2.08. The normalized spacial score (nSPS) is 12.7. The molecule has 0 aliphatic heterocycles. The van der Waals surface area contributed by atoms with E-state index in [0.717, 1.165) is 18.7 Å². The van der Waals surface area contributed by atoms with E-state index in [1.165, 1.54) is 16.7 Å². The molecule has 0 fully saturated rings. The van der Waals surface area contributed by atoms with Crippen LogP contribution in [0.3, 0.4) is 0 Å². The van der Waals surface area contributed by atoms with E-state index >= 15 is 0 Å². The molecule has 0 saturated carbocycles. The maximum atomic E-state index is 6.24. The van der Waals surface area contributed by atoms with Gasteiger partial charge >= 0.3 is 0 Å². The molecule has 3 nitrogen and oxygen atoms in total. The Hall–Kier alpha value is -1.61. The maximum Gasteiger partial charge on any atom is 0.108 e. The first kappa shape index (κ1) is 12.8. The molecule has 0 spiro atoms. The van der Waals surface area contributed by atoms with Crippen LogP contribution in [0.15, 0.2) is 30.6 Å². The second-order valence-electron chi connectivity index (χ2n) is 4.94. The molecule has 2 N–H and O–H groups in total. The summed E-state index contributed by atoms with van der Waals surface area (Å²) in [5.74, 6) is 1.09. The highest BCUT2D eigenvalue weighted by Crippen LogP contribution is 2.19. The van der Waals surface area contributed by atoms with Crippen molar-refractivity contribution in [2.24, 2.45) is 12.8 Å². The minimum atomic E-state index is 0.0843. The first-order valence-corrected chi connectivity index (χ1v) is 6.37. The molecule has 1 aromatic heterocycles. The zero-order valence-corrected chi connectivity index (χ0v) is 11.4. The summed E-state index contributed by atoms with van der Waals surface area (Å²) < 4.78 is 2.05. The predicted octanol–water partition coefficient (Wildman–Crippen LogP) is 2.67. The molecule has 0 radical (unpaired) electrons. The number of aromatic nitrogens is 2. The summed E-state index contributed by atoms with van der Waals surface area (Å²) in [6.45, 7) is 4.25. The molecule has 96 valence electrons. The summed E-state index contributed by atoms with van der Waals surface area (Å²) in [7, 11) is 2.02. The summed E-state index contributed by atoms with van der Waals surface area (Å²) in [5, 5.41) is 0. The minimum absolute atomic E-state index is 0.0843. The Bertz CT molecular complexity index is 528. The number of imidazole rings is 1. The third-order valence-corrected chi connectivity index (χ3v) is 3.56. The average molecular weight is 243 g/mol. The summed E-state index contributed by atoms with van der Waals surface area (Å²) in [4.78, 5) is 4.32. The minimum Gasteiger partial charge on any atom is -0.338 e. The Labute approximate surface area is 109 Å². The topological polar surface area (TPSA) is 43.8 Å². The van der Waals surface area contributed by atoms with Gasteiger partial charge in [0.1, 0.15) is 5.82 Å². The van der Waals surface area contributed by atoms with E-state index in [-0.39, 0.29) is 6.04 Å². The van der Waals surface area contributed by atoms with Gasteiger partial charge in [-0.3, -0.25) is 0 Å². The quantitative estimate of drug-likeness (QED) is 0.897. The van der Waals surface area contributed by atoms with Crippen LogP contribution >= 0.6 is 0 Å². The lowest BCUT2D eigenvalue weighted by molar-refractivity contribution is 0.620. The van der Waals surface area contributed by atoms with Gasteiger partial charge in [0.15, 0.2) is 0 Å². The molecule has 3 heteroatoms. The molecule has 2 aromatic rings. The van der Waals surface area contributed by atoms with Crippen LogP contribution in [0, 0.1) is 13.8 Å². The van der Waals surface area contributed by atoms with E-state index in [1.54, 1.807) is 0 Å². The maximum absolute atomic E-state index is 6.24. The Balaban J connectivity index is 2.01. The monoisotopic (exact) mass is 243 g/mol. The van der Waals surface area contributed by atoms with Crippen molar-refractivity contribution in [3.8, 4) is 0 Å². The third-order valence-electron chi connectivity index (χ3n) is 3.56. The number of nitrogens with two attached hydrogens (primary N) is 1. The van der Waals surface area contributed by atoms with Gasteiger partial charge in [0.25, 0.3) is 0 Å².